The fraction of sp³-hybridized carbons (Fsp3) is 0.286. The summed E-state index contributed by atoms with van der Waals surface area (Å²) in [5.74, 6) is -0.128. The normalized spacial score (nSPS) is 27.6. The van der Waals surface area contributed by atoms with Crippen LogP contribution < -0.4 is 0 Å². The van der Waals surface area contributed by atoms with E-state index >= 15 is 0 Å². The highest BCUT2D eigenvalue weighted by atomic mass is 16.1. The number of hydrogen-bond donors (Lipinski definition) is 0. The van der Waals surface area contributed by atoms with Crippen molar-refractivity contribution in [3.8, 4) is 0 Å². The van der Waals surface area contributed by atoms with Crippen molar-refractivity contribution in [2.24, 2.45) is 5.41 Å². The number of Topliss-reactive ketones (excluding diaryl/α,β-unsaturated/α-hetero) is 1. The molecule has 0 fully saturated rings. The van der Waals surface area contributed by atoms with Crippen LogP contribution in [0.5, 0.6) is 0 Å². The number of aldehydes is 1. The molecule has 1 aromatic carbocycles. The second-order valence-electron chi connectivity index (χ2n) is 4.29. The van der Waals surface area contributed by atoms with Gasteiger partial charge in [0.05, 0.1) is 5.41 Å². The van der Waals surface area contributed by atoms with Crippen LogP contribution in [0.15, 0.2) is 36.9 Å². The number of fused-ring (bicyclic) bond motifs is 1. The highest BCUT2D eigenvalue weighted by Gasteiger charge is 2.49. The van der Waals surface area contributed by atoms with E-state index in [0.29, 0.717) is 12.0 Å². The van der Waals surface area contributed by atoms with Gasteiger partial charge in [-0.25, -0.2) is 0 Å². The van der Waals surface area contributed by atoms with E-state index in [-0.39, 0.29) is 11.7 Å². The molecule has 1 aromatic rings. The maximum Gasteiger partial charge on any atom is 0.177 e. The Kier molecular flexibility index (Phi) is 2.50. The predicted octanol–water partition coefficient (Wildman–Crippen LogP) is 2.75. The monoisotopic (exact) mass is 214 g/mol. The Hall–Kier alpha value is -1.70. The van der Waals surface area contributed by atoms with Gasteiger partial charge in [-0.05, 0) is 12.0 Å². The van der Waals surface area contributed by atoms with Crippen molar-refractivity contribution >= 4 is 12.1 Å². The molecule has 0 aromatic heterocycles. The summed E-state index contributed by atoms with van der Waals surface area (Å²) in [6.07, 6.45) is 2.85. The van der Waals surface area contributed by atoms with Gasteiger partial charge in [0.2, 0.25) is 0 Å². The average molecular weight is 214 g/mol. The summed E-state index contributed by atoms with van der Waals surface area (Å²) < 4.78 is 0. The van der Waals surface area contributed by atoms with Gasteiger partial charge in [-0.1, -0.05) is 37.3 Å². The van der Waals surface area contributed by atoms with E-state index in [0.717, 1.165) is 11.8 Å². The molecule has 0 radical (unpaired) electrons. The van der Waals surface area contributed by atoms with Crippen molar-refractivity contribution in [2.45, 2.75) is 19.3 Å². The standard InChI is InChI=1S/C14H14O2/c1-3-8-14(9-15)10(2)11-6-4-5-7-12(11)13(14)16/h3-7,9-10H,1,8H2,2H3. The second kappa shape index (κ2) is 3.71. The number of hydrogen-bond acceptors (Lipinski definition) is 2. The quantitative estimate of drug-likeness (QED) is 0.440. The molecule has 2 atom stereocenters. The molecule has 2 rings (SSSR count). The molecule has 1 aliphatic carbocycles. The van der Waals surface area contributed by atoms with Crippen LogP contribution >= 0.6 is 0 Å². The molecular formula is C14H14O2. The molecule has 0 spiro atoms. The number of benzene rings is 1. The number of carbonyl (C=O) groups excluding carboxylic acids is 2. The maximum atomic E-state index is 12.3. The Morgan fingerprint density at radius 2 is 2.12 bits per heavy atom. The summed E-state index contributed by atoms with van der Waals surface area (Å²) in [7, 11) is 0. The van der Waals surface area contributed by atoms with Gasteiger partial charge in [0.15, 0.2) is 5.78 Å². The van der Waals surface area contributed by atoms with Crippen molar-refractivity contribution in [3.63, 3.8) is 0 Å². The molecular weight excluding hydrogens is 200 g/mol. The van der Waals surface area contributed by atoms with Crippen LogP contribution in [0.25, 0.3) is 0 Å². The van der Waals surface area contributed by atoms with Crippen molar-refractivity contribution in [1.29, 1.82) is 0 Å². The van der Waals surface area contributed by atoms with Crippen LogP contribution in [0.2, 0.25) is 0 Å². The molecule has 82 valence electrons. The summed E-state index contributed by atoms with van der Waals surface area (Å²) >= 11 is 0. The van der Waals surface area contributed by atoms with E-state index in [1.807, 2.05) is 25.1 Å². The molecule has 2 nitrogen and oxygen atoms in total. The Morgan fingerprint density at radius 1 is 1.44 bits per heavy atom. The first kappa shape index (κ1) is 10.8. The van der Waals surface area contributed by atoms with Crippen LogP contribution in [0, 0.1) is 5.41 Å². The number of carbonyl (C=O) groups is 2. The summed E-state index contributed by atoms with van der Waals surface area (Å²) in [5, 5.41) is 0. The zero-order valence-electron chi connectivity index (χ0n) is 9.27. The third-order valence-electron chi connectivity index (χ3n) is 3.56. The Labute approximate surface area is 95.0 Å². The molecule has 2 unspecified atom stereocenters. The van der Waals surface area contributed by atoms with E-state index in [9.17, 15) is 9.59 Å². The smallest absolute Gasteiger partial charge is 0.177 e. The van der Waals surface area contributed by atoms with Crippen molar-refractivity contribution in [3.05, 3.63) is 48.0 Å². The minimum atomic E-state index is -0.925. The van der Waals surface area contributed by atoms with Crippen molar-refractivity contribution in [1.82, 2.24) is 0 Å². The molecule has 0 N–H and O–H groups in total. The van der Waals surface area contributed by atoms with Gasteiger partial charge >= 0.3 is 0 Å². The Bertz CT molecular complexity index is 462. The summed E-state index contributed by atoms with van der Waals surface area (Å²) in [4.78, 5) is 23.6. The fourth-order valence-electron chi connectivity index (χ4n) is 2.52. The van der Waals surface area contributed by atoms with Gasteiger partial charge in [-0.3, -0.25) is 4.79 Å². The van der Waals surface area contributed by atoms with Gasteiger partial charge in [-0.2, -0.15) is 0 Å². The minimum absolute atomic E-state index is 0.0632. The van der Waals surface area contributed by atoms with Gasteiger partial charge in [0.1, 0.15) is 6.29 Å². The average Bonchev–Trinajstić information content (AvgIpc) is 2.53. The van der Waals surface area contributed by atoms with Crippen molar-refractivity contribution < 1.29 is 9.59 Å². The molecule has 0 bridgehead atoms. The molecule has 0 saturated heterocycles. The molecule has 0 aliphatic heterocycles. The lowest BCUT2D eigenvalue weighted by Crippen LogP contribution is -2.31. The fourth-order valence-corrected chi connectivity index (χ4v) is 2.52. The largest absolute Gasteiger partial charge is 0.302 e. The van der Waals surface area contributed by atoms with E-state index in [1.54, 1.807) is 12.1 Å². The van der Waals surface area contributed by atoms with Gasteiger partial charge in [0.25, 0.3) is 0 Å². The lowest BCUT2D eigenvalue weighted by Gasteiger charge is -2.24. The SMILES string of the molecule is C=CCC1(C=O)C(=O)c2ccccc2C1C. The van der Waals surface area contributed by atoms with Crippen molar-refractivity contribution in [2.75, 3.05) is 0 Å². The van der Waals surface area contributed by atoms with E-state index < -0.39 is 5.41 Å². The molecule has 0 amide bonds. The second-order valence-corrected chi connectivity index (χ2v) is 4.29. The summed E-state index contributed by atoms with van der Waals surface area (Å²) in [5.41, 5.74) is 0.733. The Balaban J connectivity index is 2.60. The zero-order valence-corrected chi connectivity index (χ0v) is 9.27. The van der Waals surface area contributed by atoms with E-state index in [1.165, 1.54) is 0 Å². The first-order valence-corrected chi connectivity index (χ1v) is 5.38. The highest BCUT2D eigenvalue weighted by molar-refractivity contribution is 6.13. The third-order valence-corrected chi connectivity index (χ3v) is 3.56. The molecule has 0 saturated carbocycles. The number of allylic oxidation sites excluding steroid dienone is 1. The highest BCUT2D eigenvalue weighted by Crippen LogP contribution is 2.47. The molecule has 1 aliphatic rings. The molecule has 2 heteroatoms. The van der Waals surface area contributed by atoms with Crippen LogP contribution in [-0.2, 0) is 4.79 Å². The third kappa shape index (κ3) is 1.19. The lowest BCUT2D eigenvalue weighted by molar-refractivity contribution is -0.114. The number of rotatable bonds is 3. The van der Waals surface area contributed by atoms with Crippen LogP contribution in [0.3, 0.4) is 0 Å². The summed E-state index contributed by atoms with van der Waals surface area (Å²) in [6.45, 7) is 5.57. The zero-order chi connectivity index (χ0) is 11.8. The van der Waals surface area contributed by atoms with Crippen LogP contribution in [0.4, 0.5) is 0 Å². The first-order chi connectivity index (χ1) is 7.67. The minimum Gasteiger partial charge on any atom is -0.302 e. The van der Waals surface area contributed by atoms with Crippen LogP contribution in [-0.4, -0.2) is 12.1 Å². The maximum absolute atomic E-state index is 12.3. The van der Waals surface area contributed by atoms with Gasteiger partial charge in [-0.15, -0.1) is 6.58 Å². The predicted molar refractivity (Wildman–Crippen MR) is 62.5 cm³/mol. The molecule has 0 heterocycles. The lowest BCUT2D eigenvalue weighted by atomic mass is 9.75. The first-order valence-electron chi connectivity index (χ1n) is 5.38. The topological polar surface area (TPSA) is 34.1 Å². The summed E-state index contributed by atoms with van der Waals surface area (Å²) in [6, 6.07) is 7.45. The van der Waals surface area contributed by atoms with Gasteiger partial charge < -0.3 is 4.79 Å². The number of ketones is 1. The van der Waals surface area contributed by atoms with E-state index in [4.69, 9.17) is 0 Å². The Morgan fingerprint density at radius 3 is 2.69 bits per heavy atom. The molecule has 16 heavy (non-hydrogen) atoms. The van der Waals surface area contributed by atoms with E-state index in [2.05, 4.69) is 6.58 Å². The van der Waals surface area contributed by atoms with Gasteiger partial charge in [0, 0.05) is 11.5 Å². The van der Waals surface area contributed by atoms with Crippen LogP contribution in [0.1, 0.15) is 35.2 Å².